The van der Waals surface area contributed by atoms with Crippen molar-refractivity contribution in [3.8, 4) is 0 Å². The van der Waals surface area contributed by atoms with Crippen molar-refractivity contribution in [1.82, 2.24) is 19.7 Å². The van der Waals surface area contributed by atoms with Gasteiger partial charge in [0.25, 0.3) is 5.91 Å². The van der Waals surface area contributed by atoms with E-state index in [1.807, 2.05) is 58.3 Å². The molecule has 0 atom stereocenters. The Kier molecular flexibility index (Phi) is 5.24. The number of carbonyl (C=O) groups is 2. The highest BCUT2D eigenvalue weighted by Crippen LogP contribution is 2.29. The van der Waals surface area contributed by atoms with Gasteiger partial charge in [-0.3, -0.25) is 9.59 Å². The topological polar surface area (TPSA) is 59.7 Å². The van der Waals surface area contributed by atoms with E-state index in [0.717, 1.165) is 60.3 Å². The van der Waals surface area contributed by atoms with Crippen molar-refractivity contribution >= 4 is 22.7 Å². The van der Waals surface area contributed by atoms with Crippen molar-refractivity contribution in [3.05, 3.63) is 70.9 Å². The molecule has 2 amide bonds. The van der Waals surface area contributed by atoms with Gasteiger partial charge in [0.1, 0.15) is 0 Å². The van der Waals surface area contributed by atoms with Gasteiger partial charge in [0.2, 0.25) is 5.91 Å². The van der Waals surface area contributed by atoms with E-state index in [1.165, 1.54) is 5.56 Å². The average molecular weight is 417 g/mol. The van der Waals surface area contributed by atoms with Gasteiger partial charge >= 0.3 is 0 Å². The molecule has 0 radical (unpaired) electrons. The molecule has 0 unspecified atom stereocenters. The van der Waals surface area contributed by atoms with Gasteiger partial charge in [0, 0.05) is 54.9 Å². The molecule has 2 aromatic carbocycles. The smallest absolute Gasteiger partial charge is 0.253 e. The molecule has 2 aliphatic rings. The Labute approximate surface area is 182 Å². The molecule has 3 heterocycles. The zero-order chi connectivity index (χ0) is 21.4. The first-order chi connectivity index (χ1) is 15.1. The highest BCUT2D eigenvalue weighted by atomic mass is 16.2. The Morgan fingerprint density at radius 2 is 1.71 bits per heavy atom. The monoisotopic (exact) mass is 416 g/mol. The Hall–Kier alpha value is -3.12. The molecule has 0 aliphatic carbocycles. The number of rotatable bonds is 3. The normalized spacial score (nSPS) is 17.1. The van der Waals surface area contributed by atoms with Crippen molar-refractivity contribution in [2.45, 2.75) is 19.4 Å². The summed E-state index contributed by atoms with van der Waals surface area (Å²) in [4.78, 5) is 35.4. The van der Waals surface area contributed by atoms with Crippen LogP contribution in [0.5, 0.6) is 0 Å². The number of aromatic nitrogens is 1. The molecule has 160 valence electrons. The number of aromatic amines is 1. The molecule has 6 heteroatoms. The highest BCUT2D eigenvalue weighted by molar-refractivity contribution is 5.99. The fraction of sp³-hybridized carbons (Fsp3) is 0.360. The predicted octanol–water partition coefficient (Wildman–Crippen LogP) is 2.68. The number of hydrogen-bond acceptors (Lipinski definition) is 3. The molecule has 0 saturated carbocycles. The number of hydrogen-bond donors (Lipinski definition) is 1. The fourth-order valence-electron chi connectivity index (χ4n) is 4.66. The minimum atomic E-state index is 0.112. The number of H-pyrrole nitrogens is 1. The summed E-state index contributed by atoms with van der Waals surface area (Å²) in [6, 6.07) is 15.9. The largest absolute Gasteiger partial charge is 0.357 e. The summed E-state index contributed by atoms with van der Waals surface area (Å²) >= 11 is 0. The van der Waals surface area contributed by atoms with Crippen molar-refractivity contribution in [2.24, 2.45) is 0 Å². The number of nitrogens with one attached hydrogen (secondary N) is 1. The summed E-state index contributed by atoms with van der Waals surface area (Å²) in [5, 5.41) is 1.12. The van der Waals surface area contributed by atoms with Gasteiger partial charge < -0.3 is 19.7 Å². The maximum atomic E-state index is 13.0. The zero-order valence-electron chi connectivity index (χ0n) is 17.9. The number of likely N-dealkylation sites (N-methyl/N-ethyl adjacent to an activating group) is 1. The molecule has 3 aromatic rings. The molecule has 31 heavy (non-hydrogen) atoms. The third-order valence-electron chi connectivity index (χ3n) is 6.56. The van der Waals surface area contributed by atoms with Crippen LogP contribution in [0.25, 0.3) is 10.9 Å². The molecular formula is C25H28N4O2. The molecule has 5 rings (SSSR count). The fourth-order valence-corrected chi connectivity index (χ4v) is 4.66. The van der Waals surface area contributed by atoms with Crippen LogP contribution in [0.2, 0.25) is 0 Å². The molecule has 1 N–H and O–H groups in total. The van der Waals surface area contributed by atoms with Crippen LogP contribution in [0.3, 0.4) is 0 Å². The Bertz CT molecular complexity index is 1110. The molecule has 6 nitrogen and oxygen atoms in total. The first kappa shape index (κ1) is 19.8. The van der Waals surface area contributed by atoms with Crippen LogP contribution in [-0.4, -0.2) is 71.3 Å². The maximum absolute atomic E-state index is 13.0. The molecular weight excluding hydrogens is 388 g/mol. The van der Waals surface area contributed by atoms with Crippen LogP contribution >= 0.6 is 0 Å². The van der Waals surface area contributed by atoms with E-state index >= 15 is 0 Å². The zero-order valence-corrected chi connectivity index (χ0v) is 17.9. The van der Waals surface area contributed by atoms with Crippen molar-refractivity contribution < 1.29 is 9.59 Å². The van der Waals surface area contributed by atoms with Gasteiger partial charge in [0.15, 0.2) is 0 Å². The number of piperazine rings is 1. The number of carbonyl (C=O) groups excluding carboxylic acids is 2. The van der Waals surface area contributed by atoms with Crippen LogP contribution < -0.4 is 0 Å². The number of nitrogens with zero attached hydrogens (tertiary/aromatic N) is 3. The van der Waals surface area contributed by atoms with E-state index < -0.39 is 0 Å². The first-order valence-corrected chi connectivity index (χ1v) is 11.0. The van der Waals surface area contributed by atoms with Crippen molar-refractivity contribution in [1.29, 1.82) is 0 Å². The first-order valence-electron chi connectivity index (χ1n) is 11.0. The second-order valence-corrected chi connectivity index (χ2v) is 8.67. The molecule has 1 fully saturated rings. The lowest BCUT2D eigenvalue weighted by atomic mass is 10.0. The van der Waals surface area contributed by atoms with Gasteiger partial charge in [-0.05, 0) is 42.8 Å². The molecule has 2 aliphatic heterocycles. The van der Waals surface area contributed by atoms with Crippen LogP contribution in [0, 0.1) is 0 Å². The van der Waals surface area contributed by atoms with E-state index in [-0.39, 0.29) is 11.8 Å². The number of benzene rings is 2. The highest BCUT2D eigenvalue weighted by Gasteiger charge is 2.25. The molecule has 0 bridgehead atoms. The second kappa shape index (κ2) is 8.19. The minimum Gasteiger partial charge on any atom is -0.357 e. The summed E-state index contributed by atoms with van der Waals surface area (Å²) in [6.07, 6.45) is 1.24. The summed E-state index contributed by atoms with van der Waals surface area (Å²) in [7, 11) is 2.09. The Balaban J connectivity index is 1.34. The van der Waals surface area contributed by atoms with E-state index in [9.17, 15) is 9.59 Å². The lowest BCUT2D eigenvalue weighted by molar-refractivity contribution is -0.131. The lowest BCUT2D eigenvalue weighted by Crippen LogP contribution is -2.47. The van der Waals surface area contributed by atoms with E-state index in [4.69, 9.17) is 0 Å². The summed E-state index contributed by atoms with van der Waals surface area (Å²) in [5.41, 5.74) is 5.17. The van der Waals surface area contributed by atoms with Gasteiger partial charge in [-0.25, -0.2) is 0 Å². The number of fused-ring (bicyclic) bond motifs is 3. The quantitative estimate of drug-likeness (QED) is 0.714. The Morgan fingerprint density at radius 1 is 0.935 bits per heavy atom. The third kappa shape index (κ3) is 3.95. The van der Waals surface area contributed by atoms with E-state index in [2.05, 4.69) is 16.9 Å². The van der Waals surface area contributed by atoms with E-state index in [0.29, 0.717) is 19.5 Å². The van der Waals surface area contributed by atoms with Gasteiger partial charge in [-0.1, -0.05) is 30.3 Å². The lowest BCUT2D eigenvalue weighted by Gasteiger charge is -2.32. The van der Waals surface area contributed by atoms with Crippen LogP contribution in [-0.2, 0) is 24.2 Å². The molecule has 1 saturated heterocycles. The summed E-state index contributed by atoms with van der Waals surface area (Å²) < 4.78 is 0. The minimum absolute atomic E-state index is 0.112. The van der Waals surface area contributed by atoms with Gasteiger partial charge in [-0.2, -0.15) is 0 Å². The average Bonchev–Trinajstić information content (AvgIpc) is 3.17. The number of amides is 2. The van der Waals surface area contributed by atoms with Gasteiger partial charge in [0.05, 0.1) is 13.0 Å². The van der Waals surface area contributed by atoms with E-state index in [1.54, 1.807) is 0 Å². The SMILES string of the molecule is CN1CCN(C(=O)c2ccc3[nH]c4c(c3c2)CCN(C(=O)Cc2ccccc2)C4)CC1. The van der Waals surface area contributed by atoms with Crippen LogP contribution in [0.15, 0.2) is 48.5 Å². The van der Waals surface area contributed by atoms with Crippen LogP contribution in [0.1, 0.15) is 27.2 Å². The second-order valence-electron chi connectivity index (χ2n) is 8.67. The maximum Gasteiger partial charge on any atom is 0.253 e. The molecule has 1 aromatic heterocycles. The van der Waals surface area contributed by atoms with Crippen molar-refractivity contribution in [3.63, 3.8) is 0 Å². The third-order valence-corrected chi connectivity index (χ3v) is 6.56. The summed E-state index contributed by atoms with van der Waals surface area (Å²) in [6.45, 7) is 4.69. The van der Waals surface area contributed by atoms with Gasteiger partial charge in [-0.15, -0.1) is 0 Å². The Morgan fingerprint density at radius 3 is 2.48 bits per heavy atom. The molecule has 0 spiro atoms. The standard InChI is InChI=1S/C25H28N4O2/c1-27-11-13-28(14-12-27)25(31)19-7-8-22-21(16-19)20-9-10-29(17-23(20)26-22)24(30)15-18-5-3-2-4-6-18/h2-8,16,26H,9-15,17H2,1H3. The van der Waals surface area contributed by atoms with Crippen LogP contribution in [0.4, 0.5) is 0 Å². The predicted molar refractivity (Wildman–Crippen MR) is 121 cm³/mol. The van der Waals surface area contributed by atoms with Crippen molar-refractivity contribution in [2.75, 3.05) is 39.8 Å². The summed E-state index contributed by atoms with van der Waals surface area (Å²) in [5.74, 6) is 0.266.